The first-order valence-electron chi connectivity index (χ1n) is 6.91. The van der Waals surface area contributed by atoms with Gasteiger partial charge in [-0.3, -0.25) is 0 Å². The van der Waals surface area contributed by atoms with Gasteiger partial charge in [0.05, 0.1) is 0 Å². The maximum absolute atomic E-state index is 2.40. The molecule has 0 amide bonds. The van der Waals surface area contributed by atoms with Crippen LogP contribution in [0, 0.1) is 22.7 Å². The Morgan fingerprint density at radius 1 is 0.667 bits per heavy atom. The third-order valence-corrected chi connectivity index (χ3v) is 4.87. The largest absolute Gasteiger partial charge is 0.0625 e. The van der Waals surface area contributed by atoms with E-state index in [1.54, 1.807) is 0 Å². The summed E-state index contributed by atoms with van der Waals surface area (Å²) in [6, 6.07) is 0. The maximum Gasteiger partial charge on any atom is -0.0310 e. The Morgan fingerprint density at radius 2 is 0.933 bits per heavy atom. The van der Waals surface area contributed by atoms with Gasteiger partial charge in [-0.1, -0.05) is 53.4 Å². The molecular weight excluding hydrogens is 180 g/mol. The van der Waals surface area contributed by atoms with Crippen LogP contribution in [0.2, 0.25) is 0 Å². The van der Waals surface area contributed by atoms with Crippen molar-refractivity contribution >= 4 is 0 Å². The molecule has 2 bridgehead atoms. The molecular formula is C15H28. The topological polar surface area (TPSA) is 0 Å². The highest BCUT2D eigenvalue weighted by atomic mass is 14.7. The average molecular weight is 208 g/mol. The molecule has 0 unspecified atom stereocenters. The molecule has 0 aromatic heterocycles. The average Bonchev–Trinajstić information content (AvgIpc) is 2.07. The van der Waals surface area contributed by atoms with Crippen molar-refractivity contribution in [3.8, 4) is 0 Å². The van der Waals surface area contributed by atoms with Crippen molar-refractivity contribution in [3.63, 3.8) is 0 Å². The van der Waals surface area contributed by atoms with Gasteiger partial charge in [-0.05, 0) is 41.9 Å². The Labute approximate surface area is 95.8 Å². The summed E-state index contributed by atoms with van der Waals surface area (Å²) in [7, 11) is 0. The van der Waals surface area contributed by atoms with Crippen LogP contribution in [-0.4, -0.2) is 0 Å². The molecule has 4 fully saturated rings. The van der Waals surface area contributed by atoms with Crippen LogP contribution >= 0.6 is 0 Å². The maximum atomic E-state index is 2.40. The molecule has 4 saturated carbocycles. The van der Waals surface area contributed by atoms with Gasteiger partial charge < -0.3 is 0 Å². The quantitative estimate of drug-likeness (QED) is 0.524. The highest BCUT2D eigenvalue weighted by molar-refractivity contribution is 5.12. The lowest BCUT2D eigenvalue weighted by atomic mass is 9.37. The first-order valence-corrected chi connectivity index (χ1v) is 6.91. The van der Waals surface area contributed by atoms with E-state index in [9.17, 15) is 0 Å². The second-order valence-corrected chi connectivity index (χ2v) is 7.52. The van der Waals surface area contributed by atoms with Crippen LogP contribution < -0.4 is 0 Å². The molecule has 0 radical (unpaired) electrons. The Morgan fingerprint density at radius 3 is 1.07 bits per heavy atom. The summed E-state index contributed by atoms with van der Waals surface area (Å²) in [4.78, 5) is 0. The van der Waals surface area contributed by atoms with Crippen LogP contribution in [0.5, 0.6) is 0 Å². The SMILES string of the molecule is CC12CC(C)(C1)C2.CC1CCC(C)CC1. The molecule has 0 aliphatic heterocycles. The second-order valence-electron chi connectivity index (χ2n) is 7.52. The van der Waals surface area contributed by atoms with E-state index in [0.717, 1.165) is 22.7 Å². The fraction of sp³-hybridized carbons (Fsp3) is 1.00. The summed E-state index contributed by atoms with van der Waals surface area (Å²) in [5.74, 6) is 2.04. The Bertz CT molecular complexity index is 178. The minimum atomic E-state index is 0.828. The Balaban J connectivity index is 0.000000114. The van der Waals surface area contributed by atoms with Crippen molar-refractivity contribution in [1.29, 1.82) is 0 Å². The van der Waals surface area contributed by atoms with Crippen LogP contribution in [-0.2, 0) is 0 Å². The number of rotatable bonds is 0. The van der Waals surface area contributed by atoms with Crippen molar-refractivity contribution in [3.05, 3.63) is 0 Å². The van der Waals surface area contributed by atoms with E-state index in [4.69, 9.17) is 0 Å². The van der Waals surface area contributed by atoms with E-state index in [-0.39, 0.29) is 0 Å². The molecule has 4 aliphatic carbocycles. The monoisotopic (exact) mass is 208 g/mol. The highest BCUT2D eigenvalue weighted by Crippen LogP contribution is 2.72. The zero-order valence-corrected chi connectivity index (χ0v) is 11.1. The zero-order valence-electron chi connectivity index (χ0n) is 11.1. The summed E-state index contributed by atoms with van der Waals surface area (Å²) in [6.07, 6.45) is 10.4. The summed E-state index contributed by atoms with van der Waals surface area (Å²) in [5.41, 5.74) is 1.66. The zero-order chi connectivity index (χ0) is 11.1. The van der Waals surface area contributed by atoms with Gasteiger partial charge in [0.2, 0.25) is 0 Å². The summed E-state index contributed by atoms with van der Waals surface area (Å²) in [6.45, 7) is 9.54. The fourth-order valence-corrected chi connectivity index (χ4v) is 4.36. The van der Waals surface area contributed by atoms with E-state index >= 15 is 0 Å². The molecule has 0 saturated heterocycles. The third-order valence-electron chi connectivity index (χ3n) is 4.87. The minimum Gasteiger partial charge on any atom is -0.0625 e. The van der Waals surface area contributed by atoms with Gasteiger partial charge in [0, 0.05) is 0 Å². The fourth-order valence-electron chi connectivity index (χ4n) is 4.36. The van der Waals surface area contributed by atoms with Crippen molar-refractivity contribution in [1.82, 2.24) is 0 Å². The van der Waals surface area contributed by atoms with Crippen LogP contribution in [0.25, 0.3) is 0 Å². The van der Waals surface area contributed by atoms with Crippen molar-refractivity contribution < 1.29 is 0 Å². The smallest absolute Gasteiger partial charge is 0.0310 e. The van der Waals surface area contributed by atoms with Crippen molar-refractivity contribution in [2.75, 3.05) is 0 Å². The Kier molecular flexibility index (Phi) is 2.90. The molecule has 0 aromatic rings. The lowest BCUT2D eigenvalue weighted by Crippen LogP contribution is -2.57. The van der Waals surface area contributed by atoms with E-state index in [1.165, 1.54) is 44.9 Å². The molecule has 0 heterocycles. The summed E-state index contributed by atoms with van der Waals surface area (Å²) < 4.78 is 0. The molecule has 0 heteroatoms. The van der Waals surface area contributed by atoms with Gasteiger partial charge in [-0.15, -0.1) is 0 Å². The molecule has 4 aliphatic rings. The molecule has 0 spiro atoms. The third kappa shape index (κ3) is 2.57. The normalized spacial score (nSPS) is 52.0. The first kappa shape index (κ1) is 11.5. The molecule has 0 nitrogen and oxygen atoms in total. The van der Waals surface area contributed by atoms with Gasteiger partial charge in [-0.2, -0.15) is 0 Å². The number of hydrogen-bond acceptors (Lipinski definition) is 0. The second kappa shape index (κ2) is 3.79. The number of hydrogen-bond donors (Lipinski definition) is 0. The first-order chi connectivity index (χ1) is 6.91. The molecule has 4 rings (SSSR count). The van der Waals surface area contributed by atoms with Crippen LogP contribution in [0.3, 0.4) is 0 Å². The summed E-state index contributed by atoms with van der Waals surface area (Å²) >= 11 is 0. The summed E-state index contributed by atoms with van der Waals surface area (Å²) in [5, 5.41) is 0. The molecule has 0 atom stereocenters. The van der Waals surface area contributed by atoms with E-state index in [2.05, 4.69) is 27.7 Å². The van der Waals surface area contributed by atoms with Gasteiger partial charge in [0.15, 0.2) is 0 Å². The van der Waals surface area contributed by atoms with Gasteiger partial charge >= 0.3 is 0 Å². The van der Waals surface area contributed by atoms with E-state index < -0.39 is 0 Å². The molecule has 0 aromatic carbocycles. The highest BCUT2D eigenvalue weighted by Gasteiger charge is 2.61. The Hall–Kier alpha value is 0. The van der Waals surface area contributed by atoms with Crippen LogP contribution in [0.1, 0.15) is 72.6 Å². The molecule has 88 valence electrons. The minimum absolute atomic E-state index is 0.828. The van der Waals surface area contributed by atoms with Crippen LogP contribution in [0.15, 0.2) is 0 Å². The van der Waals surface area contributed by atoms with Gasteiger partial charge in [-0.25, -0.2) is 0 Å². The van der Waals surface area contributed by atoms with Gasteiger partial charge in [0.25, 0.3) is 0 Å². The van der Waals surface area contributed by atoms with E-state index in [0.29, 0.717) is 0 Å². The van der Waals surface area contributed by atoms with Crippen molar-refractivity contribution in [2.45, 2.75) is 72.6 Å². The molecule has 0 N–H and O–H groups in total. The molecule has 15 heavy (non-hydrogen) atoms. The van der Waals surface area contributed by atoms with Gasteiger partial charge in [0.1, 0.15) is 0 Å². The van der Waals surface area contributed by atoms with Crippen LogP contribution in [0.4, 0.5) is 0 Å². The standard InChI is InChI=1S/C8H16.C7H12/c1-7-3-5-8(2)6-4-7;1-6-3-7(2,4-6)5-6/h7-8H,3-6H2,1-2H3;3-5H2,1-2H3. The predicted molar refractivity (Wildman–Crippen MR) is 66.9 cm³/mol. The lowest BCUT2D eigenvalue weighted by molar-refractivity contribution is -0.176. The lowest BCUT2D eigenvalue weighted by Gasteiger charge is -2.68. The van der Waals surface area contributed by atoms with E-state index in [1.807, 2.05) is 0 Å². The van der Waals surface area contributed by atoms with Crippen molar-refractivity contribution in [2.24, 2.45) is 22.7 Å². The predicted octanol–water partition coefficient (Wildman–Crippen LogP) is 5.03.